The summed E-state index contributed by atoms with van der Waals surface area (Å²) in [5.74, 6) is -1.45. The van der Waals surface area contributed by atoms with Gasteiger partial charge in [0, 0.05) is 5.69 Å². The Kier molecular flexibility index (Phi) is 6.29. The van der Waals surface area contributed by atoms with E-state index in [-0.39, 0.29) is 40.1 Å². The Morgan fingerprint density at radius 2 is 1.93 bits per heavy atom. The van der Waals surface area contributed by atoms with E-state index in [4.69, 9.17) is 16.1 Å². The van der Waals surface area contributed by atoms with Gasteiger partial charge in [-0.3, -0.25) is 9.59 Å². The molecule has 0 aliphatic carbocycles. The number of para-hydroxylation sites is 1. The molecule has 2 N–H and O–H groups in total. The van der Waals surface area contributed by atoms with Gasteiger partial charge in [0.05, 0.1) is 17.1 Å². The number of nitrogens with zero attached hydrogens (tertiary/aromatic N) is 1. The van der Waals surface area contributed by atoms with Gasteiger partial charge in [-0.15, -0.1) is 0 Å². The number of aromatic nitrogens is 1. The van der Waals surface area contributed by atoms with Crippen LogP contribution in [-0.4, -0.2) is 23.5 Å². The van der Waals surface area contributed by atoms with Gasteiger partial charge in [-0.05, 0) is 37.1 Å². The molecular formula is C21H19ClFN3O3. The summed E-state index contributed by atoms with van der Waals surface area (Å²) in [5, 5.41) is 9.17. The second-order valence-corrected chi connectivity index (χ2v) is 6.71. The predicted molar refractivity (Wildman–Crippen MR) is 108 cm³/mol. The van der Waals surface area contributed by atoms with Gasteiger partial charge in [0.25, 0.3) is 5.91 Å². The van der Waals surface area contributed by atoms with Crippen LogP contribution in [0.4, 0.5) is 10.1 Å². The molecule has 8 heteroatoms. The Hall–Kier alpha value is -3.19. The molecule has 0 saturated carbocycles. The first kappa shape index (κ1) is 20.5. The van der Waals surface area contributed by atoms with E-state index in [1.807, 2.05) is 25.1 Å². The highest BCUT2D eigenvalue weighted by atomic mass is 35.5. The van der Waals surface area contributed by atoms with Crippen LogP contribution in [0.2, 0.25) is 5.02 Å². The van der Waals surface area contributed by atoms with Crippen LogP contribution in [0.1, 0.15) is 28.6 Å². The van der Waals surface area contributed by atoms with Gasteiger partial charge in [0.2, 0.25) is 5.91 Å². The van der Waals surface area contributed by atoms with Crippen molar-refractivity contribution in [2.75, 3.05) is 11.9 Å². The molecule has 3 aromatic rings. The minimum Gasteiger partial charge on any atom is -0.360 e. The minimum atomic E-state index is -0.631. The lowest BCUT2D eigenvalue weighted by atomic mass is 10.0. The lowest BCUT2D eigenvalue weighted by Gasteiger charge is -2.10. The summed E-state index contributed by atoms with van der Waals surface area (Å²) >= 11 is 6.08. The third-order valence-corrected chi connectivity index (χ3v) is 4.69. The number of nitrogens with one attached hydrogen (secondary N) is 2. The predicted octanol–water partition coefficient (Wildman–Crippen LogP) is 4.37. The van der Waals surface area contributed by atoms with Crippen molar-refractivity contribution in [2.45, 2.75) is 20.3 Å². The van der Waals surface area contributed by atoms with Crippen molar-refractivity contribution < 1.29 is 18.5 Å². The molecule has 1 heterocycles. The van der Waals surface area contributed by atoms with Crippen LogP contribution in [0.15, 0.2) is 47.0 Å². The molecule has 3 rings (SSSR count). The van der Waals surface area contributed by atoms with E-state index in [1.165, 1.54) is 25.1 Å². The van der Waals surface area contributed by atoms with Gasteiger partial charge in [0.1, 0.15) is 22.8 Å². The van der Waals surface area contributed by atoms with Crippen molar-refractivity contribution in [3.63, 3.8) is 0 Å². The van der Waals surface area contributed by atoms with Crippen LogP contribution in [-0.2, 0) is 11.2 Å². The van der Waals surface area contributed by atoms with Gasteiger partial charge in [-0.2, -0.15) is 0 Å². The zero-order valence-corrected chi connectivity index (χ0v) is 16.6. The number of halogens is 2. The van der Waals surface area contributed by atoms with E-state index in [0.717, 1.165) is 12.0 Å². The fourth-order valence-corrected chi connectivity index (χ4v) is 3.18. The SMILES string of the molecule is CCc1ccccc1NC(=O)CNC(=O)c1c(-c2c(F)cccc2Cl)noc1C. The van der Waals surface area contributed by atoms with Gasteiger partial charge >= 0.3 is 0 Å². The molecule has 0 aliphatic heterocycles. The average Bonchev–Trinajstić information content (AvgIpc) is 3.07. The molecule has 0 bridgehead atoms. The molecule has 0 spiro atoms. The fraction of sp³-hybridized carbons (Fsp3) is 0.190. The highest BCUT2D eigenvalue weighted by Crippen LogP contribution is 2.33. The van der Waals surface area contributed by atoms with E-state index in [2.05, 4.69) is 15.8 Å². The van der Waals surface area contributed by atoms with Crippen molar-refractivity contribution in [3.8, 4) is 11.3 Å². The van der Waals surface area contributed by atoms with Gasteiger partial charge in [0.15, 0.2) is 0 Å². The summed E-state index contributed by atoms with van der Waals surface area (Å²) < 4.78 is 19.3. The lowest BCUT2D eigenvalue weighted by molar-refractivity contribution is -0.115. The highest BCUT2D eigenvalue weighted by Gasteiger charge is 2.25. The van der Waals surface area contributed by atoms with Crippen LogP contribution >= 0.6 is 11.6 Å². The maximum absolute atomic E-state index is 14.3. The largest absolute Gasteiger partial charge is 0.360 e. The molecule has 29 heavy (non-hydrogen) atoms. The van der Waals surface area contributed by atoms with Crippen molar-refractivity contribution in [3.05, 3.63) is 70.2 Å². The number of carbonyl (C=O) groups excluding carboxylic acids is 2. The summed E-state index contributed by atoms with van der Waals surface area (Å²) in [7, 11) is 0. The van der Waals surface area contributed by atoms with Crippen molar-refractivity contribution in [1.29, 1.82) is 0 Å². The first-order valence-corrected chi connectivity index (χ1v) is 9.36. The molecule has 0 saturated heterocycles. The van der Waals surface area contributed by atoms with E-state index in [9.17, 15) is 14.0 Å². The molecule has 2 amide bonds. The number of benzene rings is 2. The number of anilines is 1. The van der Waals surface area contributed by atoms with E-state index in [1.54, 1.807) is 6.07 Å². The number of hydrogen-bond acceptors (Lipinski definition) is 4. The molecule has 0 atom stereocenters. The summed E-state index contributed by atoms with van der Waals surface area (Å²) in [6, 6.07) is 11.6. The Morgan fingerprint density at radius 1 is 1.17 bits per heavy atom. The molecule has 0 unspecified atom stereocenters. The summed E-state index contributed by atoms with van der Waals surface area (Å²) in [6.45, 7) is 3.24. The smallest absolute Gasteiger partial charge is 0.257 e. The number of amides is 2. The number of hydrogen-bond donors (Lipinski definition) is 2. The maximum Gasteiger partial charge on any atom is 0.257 e. The Bertz CT molecular complexity index is 1040. The molecule has 0 fully saturated rings. The molecule has 0 aliphatic rings. The zero-order chi connectivity index (χ0) is 21.0. The number of aryl methyl sites for hydroxylation is 2. The van der Waals surface area contributed by atoms with Crippen LogP contribution in [0.5, 0.6) is 0 Å². The van der Waals surface area contributed by atoms with Gasteiger partial charge in [-0.1, -0.05) is 47.9 Å². The number of rotatable bonds is 6. The third kappa shape index (κ3) is 4.46. The summed E-state index contributed by atoms with van der Waals surface area (Å²) in [4.78, 5) is 24.9. The zero-order valence-electron chi connectivity index (χ0n) is 15.9. The lowest BCUT2D eigenvalue weighted by Crippen LogP contribution is -2.33. The van der Waals surface area contributed by atoms with Crippen LogP contribution in [0.25, 0.3) is 11.3 Å². The first-order chi connectivity index (χ1) is 13.9. The molecule has 150 valence electrons. The van der Waals surface area contributed by atoms with Crippen molar-refractivity contribution in [2.24, 2.45) is 0 Å². The topological polar surface area (TPSA) is 84.2 Å². The maximum atomic E-state index is 14.3. The second kappa shape index (κ2) is 8.87. The average molecular weight is 416 g/mol. The molecule has 1 aromatic heterocycles. The summed E-state index contributed by atoms with van der Waals surface area (Å²) in [6.07, 6.45) is 0.759. The van der Waals surface area contributed by atoms with Crippen LogP contribution in [0, 0.1) is 12.7 Å². The first-order valence-electron chi connectivity index (χ1n) is 8.99. The number of carbonyl (C=O) groups is 2. The van der Waals surface area contributed by atoms with Crippen LogP contribution in [0.3, 0.4) is 0 Å². The molecule has 0 radical (unpaired) electrons. The van der Waals surface area contributed by atoms with Crippen molar-refractivity contribution in [1.82, 2.24) is 10.5 Å². The quantitative estimate of drug-likeness (QED) is 0.626. The summed E-state index contributed by atoms with van der Waals surface area (Å²) in [5.41, 5.74) is 1.66. The van der Waals surface area contributed by atoms with Gasteiger partial charge < -0.3 is 15.2 Å². The monoisotopic (exact) mass is 415 g/mol. The Balaban J connectivity index is 1.75. The highest BCUT2D eigenvalue weighted by molar-refractivity contribution is 6.33. The Morgan fingerprint density at radius 3 is 2.66 bits per heavy atom. The molecular weight excluding hydrogens is 397 g/mol. The van der Waals surface area contributed by atoms with Crippen LogP contribution < -0.4 is 10.6 Å². The van der Waals surface area contributed by atoms with Gasteiger partial charge in [-0.25, -0.2) is 4.39 Å². The van der Waals surface area contributed by atoms with E-state index < -0.39 is 11.7 Å². The van der Waals surface area contributed by atoms with E-state index in [0.29, 0.717) is 5.69 Å². The molecule has 2 aromatic carbocycles. The normalized spacial score (nSPS) is 10.6. The standard InChI is InChI=1S/C21H19ClFN3O3/c1-3-13-7-4-5-10-16(13)25-17(27)11-24-21(28)18-12(2)29-26-20(18)19-14(22)8-6-9-15(19)23/h4-10H,3,11H2,1-2H3,(H,24,28)(H,25,27). The molecule has 6 nitrogen and oxygen atoms in total. The fourth-order valence-electron chi connectivity index (χ4n) is 2.93. The second-order valence-electron chi connectivity index (χ2n) is 6.30. The minimum absolute atomic E-state index is 0.0140. The third-order valence-electron chi connectivity index (χ3n) is 4.37. The Labute approximate surface area is 172 Å². The van der Waals surface area contributed by atoms with Crippen molar-refractivity contribution >= 4 is 29.1 Å². The van der Waals surface area contributed by atoms with E-state index >= 15 is 0 Å².